The molecule has 30 heavy (non-hydrogen) atoms. The normalized spacial score (nSPS) is 20.6. The first-order chi connectivity index (χ1) is 14.3. The van der Waals surface area contributed by atoms with Gasteiger partial charge in [0.25, 0.3) is 0 Å². The van der Waals surface area contributed by atoms with Crippen molar-refractivity contribution in [1.29, 1.82) is 0 Å². The largest absolute Gasteiger partial charge is 0.302 e. The van der Waals surface area contributed by atoms with Gasteiger partial charge in [-0.15, -0.1) is 11.3 Å². The quantitative estimate of drug-likeness (QED) is 0.582. The molecule has 1 aromatic carbocycles. The summed E-state index contributed by atoms with van der Waals surface area (Å²) in [6.07, 6.45) is 5.21. The predicted octanol–water partition coefficient (Wildman–Crippen LogP) is 4.02. The number of thiazole rings is 1. The van der Waals surface area contributed by atoms with Crippen LogP contribution in [0.2, 0.25) is 0 Å². The Labute approximate surface area is 180 Å². The molecule has 1 aliphatic carbocycles. The number of fused-ring (bicyclic) bond motifs is 1. The minimum Gasteiger partial charge on any atom is -0.302 e. The summed E-state index contributed by atoms with van der Waals surface area (Å²) >= 11 is 1.37. The number of imide groups is 1. The van der Waals surface area contributed by atoms with Crippen molar-refractivity contribution in [1.82, 2.24) is 9.88 Å². The van der Waals surface area contributed by atoms with E-state index in [1.807, 2.05) is 17.5 Å². The van der Waals surface area contributed by atoms with Gasteiger partial charge in [-0.3, -0.25) is 19.3 Å². The summed E-state index contributed by atoms with van der Waals surface area (Å²) in [5.74, 6) is -1.06. The molecule has 0 bridgehead atoms. The van der Waals surface area contributed by atoms with Crippen LogP contribution in [0.15, 0.2) is 29.7 Å². The number of likely N-dealkylation sites (tertiary alicyclic amines) is 1. The molecule has 0 saturated carbocycles. The molecule has 0 unspecified atom stereocenters. The number of hydrogen-bond acceptors (Lipinski definition) is 5. The van der Waals surface area contributed by atoms with Crippen molar-refractivity contribution in [2.75, 3.05) is 11.9 Å². The number of benzene rings is 1. The number of carbonyl (C=O) groups is 3. The molecule has 3 amide bonds. The van der Waals surface area contributed by atoms with Gasteiger partial charge in [-0.25, -0.2) is 4.98 Å². The van der Waals surface area contributed by atoms with Gasteiger partial charge in [-0.1, -0.05) is 18.2 Å². The van der Waals surface area contributed by atoms with Crippen molar-refractivity contribution in [2.24, 2.45) is 11.8 Å². The molecule has 4 rings (SSSR count). The van der Waals surface area contributed by atoms with Crippen LogP contribution < -0.4 is 5.32 Å². The number of hydrogen-bond donors (Lipinski definition) is 1. The number of amides is 3. The third-order valence-corrected chi connectivity index (χ3v) is 6.79. The lowest BCUT2D eigenvalue weighted by molar-refractivity contribution is -0.140. The van der Waals surface area contributed by atoms with Crippen molar-refractivity contribution < 1.29 is 14.4 Å². The van der Waals surface area contributed by atoms with Crippen LogP contribution in [0.3, 0.4) is 0 Å². The lowest BCUT2D eigenvalue weighted by atomic mass is 9.85. The lowest BCUT2D eigenvalue weighted by Gasteiger charge is -2.14. The summed E-state index contributed by atoms with van der Waals surface area (Å²) in [5.41, 5.74) is 5.46. The number of nitrogens with zero attached hydrogens (tertiary/aromatic N) is 2. The molecule has 1 saturated heterocycles. The van der Waals surface area contributed by atoms with Crippen LogP contribution in [0.1, 0.15) is 36.0 Å². The Balaban J connectivity index is 1.37. The Hall–Kier alpha value is -2.80. The van der Waals surface area contributed by atoms with Crippen molar-refractivity contribution in [3.05, 3.63) is 46.4 Å². The number of allylic oxidation sites excluding steroid dienone is 2. The van der Waals surface area contributed by atoms with Gasteiger partial charge in [0.15, 0.2) is 5.13 Å². The van der Waals surface area contributed by atoms with Crippen molar-refractivity contribution >= 4 is 34.2 Å². The number of anilines is 1. The molecule has 2 aromatic rings. The molecule has 6 nitrogen and oxygen atoms in total. The third kappa shape index (κ3) is 3.81. The van der Waals surface area contributed by atoms with Crippen LogP contribution in [0.5, 0.6) is 0 Å². The first-order valence-electron chi connectivity index (χ1n) is 10.2. The number of aromatic nitrogens is 1. The minimum absolute atomic E-state index is 0.0714. The maximum atomic E-state index is 12.5. The average molecular weight is 424 g/mol. The molecular formula is C23H25N3O3S. The maximum Gasteiger partial charge on any atom is 0.233 e. The highest BCUT2D eigenvalue weighted by Crippen LogP contribution is 2.35. The van der Waals surface area contributed by atoms with Gasteiger partial charge in [-0.2, -0.15) is 0 Å². The summed E-state index contributed by atoms with van der Waals surface area (Å²) in [7, 11) is 0. The van der Waals surface area contributed by atoms with E-state index in [4.69, 9.17) is 0 Å². The van der Waals surface area contributed by atoms with Crippen LogP contribution in [-0.4, -0.2) is 34.2 Å². The first-order valence-corrected chi connectivity index (χ1v) is 11.1. The number of rotatable bonds is 5. The van der Waals surface area contributed by atoms with Gasteiger partial charge in [-0.05, 0) is 56.4 Å². The van der Waals surface area contributed by atoms with Crippen LogP contribution in [0, 0.1) is 32.6 Å². The highest BCUT2D eigenvalue weighted by Gasteiger charge is 2.46. The molecule has 1 aliphatic heterocycles. The average Bonchev–Trinajstić information content (AvgIpc) is 3.27. The molecule has 0 radical (unpaired) electrons. The van der Waals surface area contributed by atoms with Crippen LogP contribution in [0.25, 0.3) is 11.3 Å². The summed E-state index contributed by atoms with van der Waals surface area (Å²) < 4.78 is 0. The van der Waals surface area contributed by atoms with Gasteiger partial charge >= 0.3 is 0 Å². The summed E-state index contributed by atoms with van der Waals surface area (Å²) in [4.78, 5) is 43.2. The molecule has 1 fully saturated rings. The minimum atomic E-state index is -0.256. The van der Waals surface area contributed by atoms with Crippen LogP contribution in [-0.2, 0) is 14.4 Å². The fourth-order valence-electron chi connectivity index (χ4n) is 4.18. The molecule has 156 valence electrons. The Morgan fingerprint density at radius 2 is 1.70 bits per heavy atom. The fraction of sp³-hybridized carbons (Fsp3) is 0.391. The Kier molecular flexibility index (Phi) is 5.56. The highest BCUT2D eigenvalue weighted by molar-refractivity contribution is 7.14. The van der Waals surface area contributed by atoms with Gasteiger partial charge < -0.3 is 5.32 Å². The van der Waals surface area contributed by atoms with E-state index in [0.29, 0.717) is 18.0 Å². The highest BCUT2D eigenvalue weighted by atomic mass is 32.1. The monoisotopic (exact) mass is 423 g/mol. The van der Waals surface area contributed by atoms with E-state index in [-0.39, 0.29) is 42.5 Å². The van der Waals surface area contributed by atoms with E-state index in [1.165, 1.54) is 27.4 Å². The second-order valence-corrected chi connectivity index (χ2v) is 8.93. The van der Waals surface area contributed by atoms with Crippen LogP contribution in [0.4, 0.5) is 5.13 Å². The maximum absolute atomic E-state index is 12.5. The predicted molar refractivity (Wildman–Crippen MR) is 117 cm³/mol. The third-order valence-electron chi connectivity index (χ3n) is 6.03. The van der Waals surface area contributed by atoms with Gasteiger partial charge in [0.1, 0.15) is 0 Å². The molecule has 0 spiro atoms. The SMILES string of the molecule is Cc1cc(C)c(-c2csc(NC(=O)CCN3C(=O)[C@H]4CC=CC[C@@H]4C3=O)n2)cc1C. The van der Waals surface area contributed by atoms with E-state index in [9.17, 15) is 14.4 Å². The molecule has 7 heteroatoms. The number of nitrogens with one attached hydrogen (secondary N) is 1. The number of aryl methyl sites for hydroxylation is 3. The van der Waals surface area contributed by atoms with E-state index < -0.39 is 0 Å². The van der Waals surface area contributed by atoms with Gasteiger partial charge in [0.05, 0.1) is 17.5 Å². The van der Waals surface area contributed by atoms with E-state index >= 15 is 0 Å². The topological polar surface area (TPSA) is 79.4 Å². The van der Waals surface area contributed by atoms with Gasteiger partial charge in [0.2, 0.25) is 17.7 Å². The summed E-state index contributed by atoms with van der Waals surface area (Å²) in [6.45, 7) is 6.32. The van der Waals surface area contributed by atoms with Crippen LogP contribution >= 0.6 is 11.3 Å². The summed E-state index contributed by atoms with van der Waals surface area (Å²) in [6, 6.07) is 4.25. The lowest BCUT2D eigenvalue weighted by Crippen LogP contribution is -2.34. The second kappa shape index (κ2) is 8.14. The standard InChI is InChI=1S/C23H25N3O3S/c1-13-10-15(3)18(11-14(13)2)19-12-30-23(24-19)25-20(27)8-9-26-21(28)16-6-4-5-7-17(16)22(26)29/h4-5,10-12,16-17H,6-9H2,1-3H3,(H,24,25,27)/t16-,17-/m0/s1. The summed E-state index contributed by atoms with van der Waals surface area (Å²) in [5, 5.41) is 5.25. The second-order valence-electron chi connectivity index (χ2n) is 8.07. The Bertz CT molecular complexity index is 1030. The van der Waals surface area contributed by atoms with E-state index in [2.05, 4.69) is 43.2 Å². The number of carbonyl (C=O) groups excluding carboxylic acids is 3. The van der Waals surface area contributed by atoms with Crippen molar-refractivity contribution in [2.45, 2.75) is 40.0 Å². The zero-order chi connectivity index (χ0) is 21.4. The molecule has 2 atom stereocenters. The fourth-order valence-corrected chi connectivity index (χ4v) is 4.90. The molecule has 1 N–H and O–H groups in total. The van der Waals surface area contributed by atoms with Gasteiger partial charge in [0, 0.05) is 23.9 Å². The molecular weight excluding hydrogens is 398 g/mol. The zero-order valence-electron chi connectivity index (χ0n) is 17.4. The Morgan fingerprint density at radius 1 is 1.07 bits per heavy atom. The molecule has 1 aromatic heterocycles. The Morgan fingerprint density at radius 3 is 2.37 bits per heavy atom. The zero-order valence-corrected chi connectivity index (χ0v) is 18.2. The first kappa shape index (κ1) is 20.5. The van der Waals surface area contributed by atoms with Crippen molar-refractivity contribution in [3.8, 4) is 11.3 Å². The molecule has 2 heterocycles. The smallest absolute Gasteiger partial charge is 0.233 e. The van der Waals surface area contributed by atoms with E-state index in [0.717, 1.165) is 16.8 Å². The molecule has 2 aliphatic rings. The van der Waals surface area contributed by atoms with E-state index in [1.54, 1.807) is 0 Å². The van der Waals surface area contributed by atoms with Crippen molar-refractivity contribution in [3.63, 3.8) is 0 Å².